The monoisotopic (exact) mass is 417 g/mol. The molecule has 8 heteroatoms. The highest BCUT2D eigenvalue weighted by molar-refractivity contribution is 9.10. The topological polar surface area (TPSA) is 37.4 Å². The molecule has 0 bridgehead atoms. The minimum atomic E-state index is -3.69. The van der Waals surface area contributed by atoms with Crippen LogP contribution in [0.2, 0.25) is 10.0 Å². The molecule has 2 unspecified atom stereocenters. The van der Waals surface area contributed by atoms with Gasteiger partial charge in [0, 0.05) is 28.1 Å². The first kappa shape index (κ1) is 16.9. The zero-order valence-electron chi connectivity index (χ0n) is 10.9. The van der Waals surface area contributed by atoms with Crippen LogP contribution in [0.25, 0.3) is 0 Å². The molecule has 0 spiro atoms. The first-order chi connectivity index (χ1) is 9.25. The van der Waals surface area contributed by atoms with E-state index in [1.54, 1.807) is 23.9 Å². The van der Waals surface area contributed by atoms with Crippen LogP contribution >= 0.6 is 50.9 Å². The Morgan fingerprint density at radius 1 is 1.30 bits per heavy atom. The van der Waals surface area contributed by atoms with E-state index in [0.29, 0.717) is 11.0 Å². The van der Waals surface area contributed by atoms with Gasteiger partial charge in [0.05, 0.1) is 10.0 Å². The SMILES string of the molecule is CC1SCCN(S(=O)(=O)c2c(Cl)cc(Br)cc2Cl)C1C. The van der Waals surface area contributed by atoms with Crippen molar-refractivity contribution >= 4 is 60.9 Å². The lowest BCUT2D eigenvalue weighted by Gasteiger charge is -2.36. The Labute approximate surface area is 142 Å². The molecule has 0 aliphatic carbocycles. The molecular weight excluding hydrogens is 405 g/mol. The predicted molar refractivity (Wildman–Crippen MR) is 89.4 cm³/mol. The number of hydrogen-bond acceptors (Lipinski definition) is 3. The summed E-state index contributed by atoms with van der Waals surface area (Å²) in [6, 6.07) is 3.01. The fourth-order valence-corrected chi connectivity index (χ4v) is 7.02. The molecule has 0 radical (unpaired) electrons. The number of sulfonamides is 1. The quantitative estimate of drug-likeness (QED) is 0.719. The van der Waals surface area contributed by atoms with E-state index in [0.717, 1.165) is 5.75 Å². The fraction of sp³-hybridized carbons (Fsp3) is 0.500. The van der Waals surface area contributed by atoms with Gasteiger partial charge in [-0.1, -0.05) is 46.1 Å². The summed E-state index contributed by atoms with van der Waals surface area (Å²) in [5.41, 5.74) is 0. The first-order valence-electron chi connectivity index (χ1n) is 6.03. The van der Waals surface area contributed by atoms with Crippen molar-refractivity contribution in [3.63, 3.8) is 0 Å². The van der Waals surface area contributed by atoms with Crippen molar-refractivity contribution in [1.82, 2.24) is 4.31 Å². The third-order valence-corrected chi connectivity index (χ3v) is 8.06. The summed E-state index contributed by atoms with van der Waals surface area (Å²) in [6.07, 6.45) is 0. The molecule has 0 amide bonds. The van der Waals surface area contributed by atoms with Crippen LogP contribution in [0.3, 0.4) is 0 Å². The Hall–Kier alpha value is 0.540. The van der Waals surface area contributed by atoms with Crippen molar-refractivity contribution < 1.29 is 8.42 Å². The lowest BCUT2D eigenvalue weighted by Crippen LogP contribution is -2.47. The lowest BCUT2D eigenvalue weighted by molar-refractivity contribution is 0.340. The highest BCUT2D eigenvalue weighted by Crippen LogP contribution is 2.37. The summed E-state index contributed by atoms with van der Waals surface area (Å²) >= 11 is 17.2. The van der Waals surface area contributed by atoms with Crippen molar-refractivity contribution in [2.75, 3.05) is 12.3 Å². The van der Waals surface area contributed by atoms with E-state index in [1.165, 1.54) is 4.31 Å². The minimum absolute atomic E-state index is 0.00465. The van der Waals surface area contributed by atoms with Crippen molar-refractivity contribution in [2.45, 2.75) is 30.0 Å². The van der Waals surface area contributed by atoms with Gasteiger partial charge in [0.1, 0.15) is 4.90 Å². The van der Waals surface area contributed by atoms with E-state index >= 15 is 0 Å². The van der Waals surface area contributed by atoms with E-state index in [4.69, 9.17) is 23.2 Å². The van der Waals surface area contributed by atoms with Crippen molar-refractivity contribution in [3.05, 3.63) is 26.7 Å². The van der Waals surface area contributed by atoms with E-state index in [1.807, 2.05) is 13.8 Å². The van der Waals surface area contributed by atoms with E-state index in [-0.39, 0.29) is 26.2 Å². The summed E-state index contributed by atoms with van der Waals surface area (Å²) < 4.78 is 27.8. The van der Waals surface area contributed by atoms with Gasteiger partial charge in [-0.2, -0.15) is 16.1 Å². The molecule has 0 saturated carbocycles. The van der Waals surface area contributed by atoms with Crippen LogP contribution in [0.4, 0.5) is 0 Å². The van der Waals surface area contributed by atoms with Gasteiger partial charge in [-0.05, 0) is 19.1 Å². The van der Waals surface area contributed by atoms with Gasteiger partial charge in [-0.15, -0.1) is 0 Å². The van der Waals surface area contributed by atoms with E-state index in [2.05, 4.69) is 15.9 Å². The van der Waals surface area contributed by atoms with Gasteiger partial charge in [0.2, 0.25) is 10.0 Å². The Morgan fingerprint density at radius 3 is 2.40 bits per heavy atom. The number of nitrogens with zero attached hydrogens (tertiary/aromatic N) is 1. The van der Waals surface area contributed by atoms with E-state index in [9.17, 15) is 8.42 Å². The molecule has 1 aromatic rings. The van der Waals surface area contributed by atoms with Gasteiger partial charge in [0.25, 0.3) is 0 Å². The third-order valence-electron chi connectivity index (χ3n) is 3.36. The summed E-state index contributed by atoms with van der Waals surface area (Å²) in [7, 11) is -3.69. The van der Waals surface area contributed by atoms with Crippen molar-refractivity contribution in [2.24, 2.45) is 0 Å². The van der Waals surface area contributed by atoms with Gasteiger partial charge >= 0.3 is 0 Å². The fourth-order valence-electron chi connectivity index (χ4n) is 2.14. The number of halogens is 3. The first-order valence-corrected chi connectivity index (χ1v) is 10.1. The minimum Gasteiger partial charge on any atom is -0.207 e. The molecular formula is C12H14BrCl2NO2S2. The second-order valence-electron chi connectivity index (χ2n) is 4.63. The molecule has 1 aliphatic heterocycles. The van der Waals surface area contributed by atoms with Gasteiger partial charge in [-0.25, -0.2) is 8.42 Å². The summed E-state index contributed by atoms with van der Waals surface area (Å²) in [6.45, 7) is 4.41. The Bertz CT molecular complexity index is 601. The smallest absolute Gasteiger partial charge is 0.207 e. The molecule has 1 aromatic carbocycles. The zero-order valence-corrected chi connectivity index (χ0v) is 15.7. The van der Waals surface area contributed by atoms with Crippen LogP contribution in [-0.4, -0.2) is 36.3 Å². The molecule has 0 aromatic heterocycles. The molecule has 112 valence electrons. The van der Waals surface area contributed by atoms with Crippen LogP contribution in [0, 0.1) is 0 Å². The summed E-state index contributed by atoms with van der Waals surface area (Å²) in [4.78, 5) is -0.00465. The van der Waals surface area contributed by atoms with Crippen molar-refractivity contribution in [3.8, 4) is 0 Å². The van der Waals surface area contributed by atoms with Crippen LogP contribution < -0.4 is 0 Å². The normalized spacial score (nSPS) is 24.9. The van der Waals surface area contributed by atoms with Gasteiger partial charge < -0.3 is 0 Å². The van der Waals surface area contributed by atoms with Gasteiger partial charge in [0.15, 0.2) is 0 Å². The highest BCUT2D eigenvalue weighted by atomic mass is 79.9. The maximum absolute atomic E-state index is 12.8. The van der Waals surface area contributed by atoms with Crippen LogP contribution in [0.5, 0.6) is 0 Å². The Morgan fingerprint density at radius 2 is 1.85 bits per heavy atom. The van der Waals surface area contributed by atoms with Crippen LogP contribution in [-0.2, 0) is 10.0 Å². The summed E-state index contributed by atoms with van der Waals surface area (Å²) in [5.74, 6) is 0.774. The third kappa shape index (κ3) is 3.15. The molecule has 1 heterocycles. The Kier molecular flexibility index (Phi) is 5.36. The Balaban J connectivity index is 2.50. The van der Waals surface area contributed by atoms with Crippen LogP contribution in [0.1, 0.15) is 13.8 Å². The number of benzene rings is 1. The average molecular weight is 419 g/mol. The predicted octanol–water partition coefficient (Wildman–Crippen LogP) is 4.27. The number of thioether (sulfide) groups is 1. The van der Waals surface area contributed by atoms with Gasteiger partial charge in [-0.3, -0.25) is 0 Å². The number of hydrogen-bond donors (Lipinski definition) is 0. The van der Waals surface area contributed by atoms with Crippen LogP contribution in [0.15, 0.2) is 21.5 Å². The lowest BCUT2D eigenvalue weighted by atomic mass is 10.2. The van der Waals surface area contributed by atoms with E-state index < -0.39 is 10.0 Å². The molecule has 2 atom stereocenters. The molecule has 3 nitrogen and oxygen atoms in total. The second-order valence-corrected chi connectivity index (χ2v) is 9.67. The molecule has 0 N–H and O–H groups in total. The maximum Gasteiger partial charge on any atom is 0.246 e. The maximum atomic E-state index is 12.8. The molecule has 1 fully saturated rings. The molecule has 2 rings (SSSR count). The highest BCUT2D eigenvalue weighted by Gasteiger charge is 2.37. The largest absolute Gasteiger partial charge is 0.246 e. The standard InChI is InChI=1S/C12H14BrCl2NO2S2/c1-7-8(2)19-4-3-16(7)20(17,18)12-10(14)5-9(13)6-11(12)15/h5-8H,3-4H2,1-2H3. The number of rotatable bonds is 2. The molecule has 1 aliphatic rings. The average Bonchev–Trinajstić information content (AvgIpc) is 2.30. The van der Waals surface area contributed by atoms with Crippen molar-refractivity contribution in [1.29, 1.82) is 0 Å². The second kappa shape index (κ2) is 6.34. The molecule has 1 saturated heterocycles. The zero-order chi connectivity index (χ0) is 15.1. The summed E-state index contributed by atoms with van der Waals surface area (Å²) in [5, 5.41) is 0.524. The molecule has 20 heavy (non-hydrogen) atoms.